The molecule has 2 heterocycles. The molecule has 0 bridgehead atoms. The van der Waals surface area contributed by atoms with E-state index in [0.29, 0.717) is 6.42 Å². The number of benzene rings is 10. The van der Waals surface area contributed by atoms with Crippen molar-refractivity contribution in [1.29, 1.82) is 0 Å². The molecule has 1 aliphatic heterocycles. The summed E-state index contributed by atoms with van der Waals surface area (Å²) in [6.45, 7) is 4.77. The molecule has 0 saturated heterocycles. The molecule has 63 heavy (non-hydrogen) atoms. The number of rotatable bonds is 5. The number of para-hydroxylation sites is 1. The second-order valence-corrected chi connectivity index (χ2v) is 16.4. The maximum absolute atomic E-state index is 5.35. The van der Waals surface area contributed by atoms with Crippen molar-refractivity contribution >= 4 is 81.9 Å². The number of aliphatic imine (C=N–C) groups is 1. The molecule has 0 N–H and O–H groups in total. The number of fused-ring (bicyclic) bond motifs is 10. The average molecular weight is 801 g/mol. The molecule has 0 unspecified atom stereocenters. The predicted molar refractivity (Wildman–Crippen MR) is 269 cm³/mol. The summed E-state index contributed by atoms with van der Waals surface area (Å²) in [5.74, 6) is 0. The highest BCUT2D eigenvalue weighted by atomic mass is 15.0. The van der Waals surface area contributed by atoms with Crippen LogP contribution in [0.3, 0.4) is 0 Å². The number of hydrogen-bond donors (Lipinski definition) is 0. The minimum atomic E-state index is 0.614. The average Bonchev–Trinajstić information content (AvgIpc) is 3.71. The van der Waals surface area contributed by atoms with Crippen LogP contribution in [0.15, 0.2) is 241 Å². The van der Waals surface area contributed by atoms with Crippen molar-refractivity contribution in [3.05, 3.63) is 253 Å². The maximum atomic E-state index is 5.35. The second-order valence-electron chi connectivity index (χ2n) is 16.4. The molecule has 1 aromatic heterocycles. The standard InChI is InChI=1S/C61H40N2/c1-40-36-57(43-21-6-3-7-22-43)62-56(42-19-4-2-5-20-42)32-17-30-46(40)45-37-55-51-27-11-10-25-49(51)50-26-12-13-29-54(50)61(55)60(39-45)63-58-33-15-14-28-52(58)53-35-34-44(38-59(53)63)48-31-16-23-41-18-8-9-24-47(41)48/h2-29,31,33-39H,1,32H2/b57-36-,62-56+. The predicted octanol–water partition coefficient (Wildman–Crippen LogP) is 16.1. The molecule has 10 aromatic carbocycles. The zero-order chi connectivity index (χ0) is 41.9. The SMILES string of the molecule is C=C1/C=C(c2ccccc2)\N=C(\c2ccccc2)CC=C=C1c1cc(-n2c3ccccc3c3ccc(-c4cccc5ccccc45)cc32)c2c3ccccc3c3ccccc3c2c1. The van der Waals surface area contributed by atoms with E-state index in [-0.39, 0.29) is 0 Å². The van der Waals surface area contributed by atoms with E-state index < -0.39 is 0 Å². The third-order valence-corrected chi connectivity index (χ3v) is 12.7. The number of allylic oxidation sites excluding steroid dienone is 3. The van der Waals surface area contributed by atoms with Crippen molar-refractivity contribution in [3.8, 4) is 16.8 Å². The van der Waals surface area contributed by atoms with E-state index in [1.54, 1.807) is 0 Å². The Balaban J connectivity index is 1.18. The summed E-state index contributed by atoms with van der Waals surface area (Å²) in [6, 6.07) is 74.5. The molecule has 11 aromatic rings. The molecule has 2 nitrogen and oxygen atoms in total. The van der Waals surface area contributed by atoms with Crippen LogP contribution in [0.25, 0.3) is 93.0 Å². The fourth-order valence-corrected chi connectivity index (χ4v) is 9.85. The van der Waals surface area contributed by atoms with Crippen molar-refractivity contribution in [2.75, 3.05) is 0 Å². The van der Waals surface area contributed by atoms with Gasteiger partial charge in [0.1, 0.15) is 0 Å². The summed E-state index contributed by atoms with van der Waals surface area (Å²) in [6.07, 6.45) is 4.88. The third kappa shape index (κ3) is 6.16. The van der Waals surface area contributed by atoms with Gasteiger partial charge in [-0.25, -0.2) is 0 Å². The first-order valence-corrected chi connectivity index (χ1v) is 21.6. The first kappa shape index (κ1) is 36.6. The van der Waals surface area contributed by atoms with E-state index >= 15 is 0 Å². The van der Waals surface area contributed by atoms with E-state index in [0.717, 1.165) is 56.0 Å². The third-order valence-electron chi connectivity index (χ3n) is 12.7. The van der Waals surface area contributed by atoms with Gasteiger partial charge >= 0.3 is 0 Å². The molecule has 0 aliphatic carbocycles. The minimum Gasteiger partial charge on any atom is -0.309 e. The van der Waals surface area contributed by atoms with Gasteiger partial charge in [-0.1, -0.05) is 189 Å². The summed E-state index contributed by atoms with van der Waals surface area (Å²) in [7, 11) is 0. The lowest BCUT2D eigenvalue weighted by atomic mass is 9.89. The summed E-state index contributed by atoms with van der Waals surface area (Å²) in [5, 5.41) is 12.2. The van der Waals surface area contributed by atoms with Crippen molar-refractivity contribution in [2.45, 2.75) is 6.42 Å². The van der Waals surface area contributed by atoms with Gasteiger partial charge < -0.3 is 4.57 Å². The first-order valence-electron chi connectivity index (χ1n) is 21.6. The zero-order valence-corrected chi connectivity index (χ0v) is 34.6. The fourth-order valence-electron chi connectivity index (χ4n) is 9.85. The van der Waals surface area contributed by atoms with E-state index in [2.05, 4.69) is 223 Å². The van der Waals surface area contributed by atoms with E-state index in [1.165, 1.54) is 65.0 Å². The van der Waals surface area contributed by atoms with E-state index in [1.807, 2.05) is 6.07 Å². The molecule has 0 spiro atoms. The quantitative estimate of drug-likeness (QED) is 0.122. The fraction of sp³-hybridized carbons (Fsp3) is 0.0164. The largest absolute Gasteiger partial charge is 0.309 e. The van der Waals surface area contributed by atoms with Crippen LogP contribution < -0.4 is 0 Å². The molecule has 0 amide bonds. The van der Waals surface area contributed by atoms with Gasteiger partial charge in [0, 0.05) is 33.7 Å². The number of hydrogen-bond acceptors (Lipinski definition) is 1. The lowest BCUT2D eigenvalue weighted by Crippen LogP contribution is -2.00. The molecule has 0 saturated carbocycles. The highest BCUT2D eigenvalue weighted by Gasteiger charge is 2.21. The molecular formula is C61H40N2. The van der Waals surface area contributed by atoms with Gasteiger partial charge in [0.05, 0.1) is 28.1 Å². The Kier molecular flexibility index (Phi) is 8.71. The number of aromatic nitrogens is 1. The molecule has 12 rings (SSSR count). The van der Waals surface area contributed by atoms with Crippen molar-refractivity contribution in [2.24, 2.45) is 4.99 Å². The molecule has 294 valence electrons. The van der Waals surface area contributed by atoms with Gasteiger partial charge in [-0.3, -0.25) is 4.99 Å². The molecule has 1 aliphatic rings. The van der Waals surface area contributed by atoms with Gasteiger partial charge in [-0.15, -0.1) is 5.73 Å². The summed E-state index contributed by atoms with van der Waals surface area (Å²) >= 11 is 0. The lowest BCUT2D eigenvalue weighted by molar-refractivity contribution is 1.20. The normalized spacial score (nSPS) is 15.0. The van der Waals surface area contributed by atoms with Gasteiger partial charge in [-0.05, 0) is 102 Å². The Morgan fingerprint density at radius 3 is 1.83 bits per heavy atom. The van der Waals surface area contributed by atoms with Gasteiger partial charge in [0.2, 0.25) is 0 Å². The van der Waals surface area contributed by atoms with E-state index in [4.69, 9.17) is 11.6 Å². The monoisotopic (exact) mass is 800 g/mol. The summed E-state index contributed by atoms with van der Waals surface area (Å²) < 4.78 is 2.51. The van der Waals surface area contributed by atoms with Crippen LogP contribution in [0.2, 0.25) is 0 Å². The van der Waals surface area contributed by atoms with Gasteiger partial charge in [-0.2, -0.15) is 0 Å². The molecule has 0 fully saturated rings. The van der Waals surface area contributed by atoms with Crippen molar-refractivity contribution in [3.63, 3.8) is 0 Å². The second kappa shape index (κ2) is 15.0. The van der Waals surface area contributed by atoms with Crippen LogP contribution in [0.4, 0.5) is 0 Å². The first-order chi connectivity index (χ1) is 31.2. The van der Waals surface area contributed by atoms with Crippen LogP contribution in [0, 0.1) is 0 Å². The van der Waals surface area contributed by atoms with Crippen LogP contribution in [-0.4, -0.2) is 10.3 Å². The van der Waals surface area contributed by atoms with Crippen LogP contribution in [0.5, 0.6) is 0 Å². The molecule has 2 heteroatoms. The minimum absolute atomic E-state index is 0.614. The van der Waals surface area contributed by atoms with Crippen molar-refractivity contribution < 1.29 is 0 Å². The van der Waals surface area contributed by atoms with Gasteiger partial charge in [0.15, 0.2) is 0 Å². The highest BCUT2D eigenvalue weighted by Crippen LogP contribution is 2.44. The Morgan fingerprint density at radius 1 is 0.444 bits per heavy atom. The maximum Gasteiger partial charge on any atom is 0.0711 e. The van der Waals surface area contributed by atoms with Gasteiger partial charge in [0.25, 0.3) is 0 Å². The molecular weight excluding hydrogens is 761 g/mol. The van der Waals surface area contributed by atoms with Crippen LogP contribution in [-0.2, 0) is 0 Å². The van der Waals surface area contributed by atoms with Crippen LogP contribution in [0.1, 0.15) is 23.1 Å². The summed E-state index contributed by atoms with van der Waals surface area (Å²) in [4.78, 5) is 5.35. The Hall–Kier alpha value is -8.29. The Bertz CT molecular complexity index is 3790. The summed E-state index contributed by atoms with van der Waals surface area (Å²) in [5.41, 5.74) is 16.4. The topological polar surface area (TPSA) is 17.3 Å². The Morgan fingerprint density at radius 2 is 1.05 bits per heavy atom. The Labute approximate surface area is 366 Å². The smallest absolute Gasteiger partial charge is 0.0711 e. The molecule has 0 atom stereocenters. The lowest BCUT2D eigenvalue weighted by Gasteiger charge is -2.19. The van der Waals surface area contributed by atoms with E-state index in [9.17, 15) is 0 Å². The molecule has 0 radical (unpaired) electrons. The van der Waals surface area contributed by atoms with Crippen LogP contribution >= 0.6 is 0 Å². The zero-order valence-electron chi connectivity index (χ0n) is 34.6. The highest BCUT2D eigenvalue weighted by molar-refractivity contribution is 6.28. The number of nitrogens with zero attached hydrogens (tertiary/aromatic N) is 2. The van der Waals surface area contributed by atoms with Crippen molar-refractivity contribution in [1.82, 2.24) is 4.57 Å².